The van der Waals surface area contributed by atoms with E-state index >= 15 is 0 Å². The Morgan fingerprint density at radius 3 is 2.50 bits per heavy atom. The van der Waals surface area contributed by atoms with E-state index in [1.165, 1.54) is 17.8 Å². The first-order chi connectivity index (χ1) is 9.51. The van der Waals surface area contributed by atoms with Gasteiger partial charge in [0, 0.05) is 22.3 Å². The third kappa shape index (κ3) is 2.32. The number of nitrogens with one attached hydrogen (secondary N) is 1. The van der Waals surface area contributed by atoms with Crippen LogP contribution in [0.25, 0.3) is 0 Å². The van der Waals surface area contributed by atoms with Crippen LogP contribution in [0.2, 0.25) is 0 Å². The predicted molar refractivity (Wildman–Crippen MR) is 78.2 cm³/mol. The lowest BCUT2D eigenvalue weighted by Crippen LogP contribution is -2.03. The van der Waals surface area contributed by atoms with Crippen LogP contribution < -0.4 is 22.5 Å². The summed E-state index contributed by atoms with van der Waals surface area (Å²) in [6, 6.07) is 5.07. The molecule has 7 nitrogen and oxygen atoms in total. The van der Waals surface area contributed by atoms with Gasteiger partial charge < -0.3 is 22.5 Å². The number of amides is 1. The molecule has 1 amide bonds. The number of nitrogens with zero attached hydrogens (tertiary/aromatic N) is 2. The Morgan fingerprint density at radius 2 is 1.80 bits per heavy atom. The molecule has 0 atom stereocenters. The summed E-state index contributed by atoms with van der Waals surface area (Å²) >= 11 is 1.25. The van der Waals surface area contributed by atoms with E-state index in [0.29, 0.717) is 28.9 Å². The van der Waals surface area contributed by atoms with Crippen LogP contribution in [0.4, 0.5) is 23.0 Å². The fourth-order valence-corrected chi connectivity index (χ4v) is 2.82. The van der Waals surface area contributed by atoms with E-state index in [1.54, 1.807) is 6.07 Å². The van der Waals surface area contributed by atoms with Gasteiger partial charge in [-0.1, -0.05) is 0 Å². The predicted octanol–water partition coefficient (Wildman–Crippen LogP) is 0.869. The van der Waals surface area contributed by atoms with Crippen molar-refractivity contribution in [2.75, 3.05) is 22.5 Å². The normalized spacial score (nSPS) is 13.1. The molecule has 102 valence electrons. The van der Waals surface area contributed by atoms with Crippen LogP contribution in [-0.4, -0.2) is 15.9 Å². The van der Waals surface area contributed by atoms with Crippen molar-refractivity contribution >= 4 is 40.7 Å². The molecule has 2 aromatic rings. The Bertz CT molecular complexity index is 697. The molecule has 1 aromatic heterocycles. The van der Waals surface area contributed by atoms with Gasteiger partial charge in [-0.25, -0.2) is 9.97 Å². The summed E-state index contributed by atoms with van der Waals surface area (Å²) in [5.41, 5.74) is 19.5. The van der Waals surface area contributed by atoms with Gasteiger partial charge in [-0.3, -0.25) is 4.79 Å². The summed E-state index contributed by atoms with van der Waals surface area (Å²) in [7, 11) is 0. The highest BCUT2D eigenvalue weighted by atomic mass is 32.2. The quantitative estimate of drug-likeness (QED) is 0.476. The highest BCUT2D eigenvalue weighted by Gasteiger charge is 2.20. The van der Waals surface area contributed by atoms with Crippen molar-refractivity contribution in [3.8, 4) is 0 Å². The number of rotatable bonds is 2. The lowest BCUT2D eigenvalue weighted by Gasteiger charge is -2.08. The molecule has 0 saturated carbocycles. The summed E-state index contributed by atoms with van der Waals surface area (Å²) in [6.07, 6.45) is 0.353. The molecule has 8 heteroatoms. The molecule has 20 heavy (non-hydrogen) atoms. The third-order valence-corrected chi connectivity index (χ3v) is 3.75. The van der Waals surface area contributed by atoms with Crippen LogP contribution in [0.1, 0.15) is 5.56 Å². The Morgan fingerprint density at radius 1 is 1.10 bits per heavy atom. The number of nitrogen functional groups attached to an aromatic ring is 3. The van der Waals surface area contributed by atoms with Crippen molar-refractivity contribution in [2.24, 2.45) is 0 Å². The summed E-state index contributed by atoms with van der Waals surface area (Å²) in [5.74, 6) is 0.562. The van der Waals surface area contributed by atoms with E-state index in [9.17, 15) is 4.79 Å². The van der Waals surface area contributed by atoms with E-state index in [4.69, 9.17) is 17.2 Å². The zero-order valence-electron chi connectivity index (χ0n) is 10.4. The van der Waals surface area contributed by atoms with Gasteiger partial charge in [0.15, 0.2) is 5.16 Å². The molecule has 3 rings (SSSR count). The standard InChI is InChI=1S/C12H12N6OS/c13-6-1-5-2-11(19)16-7(5)3-8(6)20-12-17-9(14)4-10(15)18-12/h1,3-4H,2,13H2,(H,16,19)(H4,14,15,17,18). The van der Waals surface area contributed by atoms with Crippen molar-refractivity contribution in [3.63, 3.8) is 0 Å². The first kappa shape index (κ1) is 12.5. The molecule has 0 spiro atoms. The maximum Gasteiger partial charge on any atom is 0.228 e. The molecule has 1 aliphatic heterocycles. The van der Waals surface area contributed by atoms with Crippen molar-refractivity contribution in [1.82, 2.24) is 9.97 Å². The van der Waals surface area contributed by atoms with Gasteiger partial charge in [-0.2, -0.15) is 0 Å². The average molecular weight is 288 g/mol. The van der Waals surface area contributed by atoms with Gasteiger partial charge in [0.05, 0.1) is 6.42 Å². The highest BCUT2D eigenvalue weighted by molar-refractivity contribution is 7.99. The van der Waals surface area contributed by atoms with Gasteiger partial charge >= 0.3 is 0 Å². The number of benzene rings is 1. The average Bonchev–Trinajstić information content (AvgIpc) is 2.67. The fourth-order valence-electron chi connectivity index (χ4n) is 1.97. The molecule has 0 bridgehead atoms. The Labute approximate surface area is 119 Å². The van der Waals surface area contributed by atoms with E-state index in [1.807, 2.05) is 6.07 Å². The maximum atomic E-state index is 11.4. The summed E-state index contributed by atoms with van der Waals surface area (Å²) in [5, 5.41) is 3.19. The Hall–Kier alpha value is -2.48. The molecule has 1 aromatic carbocycles. The topological polar surface area (TPSA) is 133 Å². The van der Waals surface area contributed by atoms with Gasteiger partial charge in [-0.05, 0) is 29.5 Å². The SMILES string of the molecule is Nc1cc(N)nc(Sc2cc3c(cc2N)CC(=O)N3)n1. The largest absolute Gasteiger partial charge is 0.398 e. The number of hydrogen-bond acceptors (Lipinski definition) is 7. The van der Waals surface area contributed by atoms with Crippen LogP contribution in [0.5, 0.6) is 0 Å². The number of carbonyl (C=O) groups is 1. The van der Waals surface area contributed by atoms with Crippen molar-refractivity contribution in [2.45, 2.75) is 16.5 Å². The molecule has 7 N–H and O–H groups in total. The fraction of sp³-hybridized carbons (Fsp3) is 0.0833. The molecular formula is C12H12N6OS. The van der Waals surface area contributed by atoms with Crippen LogP contribution in [0.3, 0.4) is 0 Å². The van der Waals surface area contributed by atoms with Crippen LogP contribution >= 0.6 is 11.8 Å². The molecular weight excluding hydrogens is 276 g/mol. The minimum absolute atomic E-state index is 0.0361. The zero-order chi connectivity index (χ0) is 14.3. The van der Waals surface area contributed by atoms with Crippen molar-refractivity contribution in [1.29, 1.82) is 0 Å². The van der Waals surface area contributed by atoms with E-state index < -0.39 is 0 Å². The molecule has 2 heterocycles. The van der Waals surface area contributed by atoms with E-state index in [0.717, 1.165) is 16.1 Å². The van der Waals surface area contributed by atoms with Crippen molar-refractivity contribution < 1.29 is 4.79 Å². The summed E-state index contributed by atoms with van der Waals surface area (Å²) in [6.45, 7) is 0. The second-order valence-electron chi connectivity index (χ2n) is 4.37. The van der Waals surface area contributed by atoms with E-state index in [-0.39, 0.29) is 5.91 Å². The monoisotopic (exact) mass is 288 g/mol. The summed E-state index contributed by atoms with van der Waals surface area (Å²) < 4.78 is 0. The van der Waals surface area contributed by atoms with Crippen LogP contribution in [0.15, 0.2) is 28.3 Å². The lowest BCUT2D eigenvalue weighted by molar-refractivity contribution is -0.115. The number of carbonyl (C=O) groups excluding carboxylic acids is 1. The number of fused-ring (bicyclic) bond motifs is 1. The Balaban J connectivity index is 1.95. The lowest BCUT2D eigenvalue weighted by atomic mass is 10.1. The van der Waals surface area contributed by atoms with Gasteiger partial charge in [-0.15, -0.1) is 0 Å². The first-order valence-corrected chi connectivity index (χ1v) is 6.63. The van der Waals surface area contributed by atoms with Crippen LogP contribution in [-0.2, 0) is 11.2 Å². The van der Waals surface area contributed by atoms with Gasteiger partial charge in [0.2, 0.25) is 5.91 Å². The maximum absolute atomic E-state index is 11.4. The molecule has 0 saturated heterocycles. The van der Waals surface area contributed by atoms with Crippen LogP contribution in [0, 0.1) is 0 Å². The molecule has 0 aliphatic carbocycles. The Kier molecular flexibility index (Phi) is 2.87. The smallest absolute Gasteiger partial charge is 0.228 e. The number of nitrogens with two attached hydrogens (primary N) is 3. The molecule has 0 unspecified atom stereocenters. The number of anilines is 4. The summed E-state index contributed by atoms with van der Waals surface area (Å²) in [4.78, 5) is 20.3. The number of aromatic nitrogens is 2. The third-order valence-electron chi connectivity index (χ3n) is 2.81. The second kappa shape index (κ2) is 4.57. The molecule has 1 aliphatic rings. The van der Waals surface area contributed by atoms with Gasteiger partial charge in [0.25, 0.3) is 0 Å². The molecule has 0 fully saturated rings. The molecule has 0 radical (unpaired) electrons. The highest BCUT2D eigenvalue weighted by Crippen LogP contribution is 2.36. The van der Waals surface area contributed by atoms with Gasteiger partial charge in [0.1, 0.15) is 11.6 Å². The zero-order valence-corrected chi connectivity index (χ0v) is 11.2. The minimum atomic E-state index is -0.0361. The minimum Gasteiger partial charge on any atom is -0.398 e. The first-order valence-electron chi connectivity index (χ1n) is 5.81. The van der Waals surface area contributed by atoms with Crippen molar-refractivity contribution in [3.05, 3.63) is 23.8 Å². The van der Waals surface area contributed by atoms with E-state index in [2.05, 4.69) is 15.3 Å². The second-order valence-corrected chi connectivity index (χ2v) is 5.38. The number of hydrogen-bond donors (Lipinski definition) is 4.